The Bertz CT molecular complexity index is 722. The molecule has 27 heavy (non-hydrogen) atoms. The third kappa shape index (κ3) is 6.08. The van der Waals surface area contributed by atoms with Gasteiger partial charge in [0.25, 0.3) is 0 Å². The number of pyridine rings is 1. The number of hydrogen-bond acceptors (Lipinski definition) is 5. The van der Waals surface area contributed by atoms with Crippen molar-refractivity contribution in [1.29, 1.82) is 0 Å². The lowest BCUT2D eigenvalue weighted by Crippen LogP contribution is -2.36. The minimum atomic E-state index is 0. The highest BCUT2D eigenvalue weighted by molar-refractivity contribution is 14.0. The maximum absolute atomic E-state index is 5.34. The van der Waals surface area contributed by atoms with Gasteiger partial charge >= 0.3 is 0 Å². The second-order valence-corrected chi connectivity index (χ2v) is 6.87. The van der Waals surface area contributed by atoms with Crippen molar-refractivity contribution in [3.63, 3.8) is 0 Å². The van der Waals surface area contributed by atoms with Crippen LogP contribution in [-0.2, 0) is 13.1 Å². The topological polar surface area (TPSA) is 78.6 Å². The highest BCUT2D eigenvalue weighted by Gasteiger charge is 2.13. The summed E-state index contributed by atoms with van der Waals surface area (Å²) in [6.07, 6.45) is 4.45. The Kier molecular flexibility index (Phi) is 8.33. The van der Waals surface area contributed by atoms with E-state index < -0.39 is 0 Å². The van der Waals surface area contributed by atoms with E-state index in [1.165, 1.54) is 12.8 Å². The smallest absolute Gasteiger partial charge is 0.191 e. The number of anilines is 1. The Morgan fingerprint density at radius 3 is 2.56 bits per heavy atom. The molecular weight excluding hydrogens is 455 g/mol. The maximum atomic E-state index is 5.34. The molecule has 0 amide bonds. The first-order valence-corrected chi connectivity index (χ1v) is 9.25. The van der Waals surface area contributed by atoms with E-state index in [4.69, 9.17) is 4.52 Å². The van der Waals surface area contributed by atoms with Gasteiger partial charge in [-0.1, -0.05) is 25.1 Å². The molecule has 1 aliphatic rings. The van der Waals surface area contributed by atoms with Crippen LogP contribution in [0.15, 0.2) is 33.9 Å². The van der Waals surface area contributed by atoms with E-state index in [0.29, 0.717) is 19.0 Å². The van der Waals surface area contributed by atoms with Gasteiger partial charge in [0.2, 0.25) is 0 Å². The summed E-state index contributed by atoms with van der Waals surface area (Å²) < 4.78 is 5.34. The minimum Gasteiger partial charge on any atom is -0.359 e. The molecule has 2 aromatic rings. The summed E-state index contributed by atoms with van der Waals surface area (Å²) >= 11 is 0. The van der Waals surface area contributed by atoms with Gasteiger partial charge in [-0.2, -0.15) is 0 Å². The number of aliphatic imine (C=N–C) groups is 1. The Balaban J connectivity index is 0.00000261. The van der Waals surface area contributed by atoms with Crippen LogP contribution in [0.5, 0.6) is 0 Å². The number of nitrogens with one attached hydrogen (secondary N) is 2. The molecule has 1 aliphatic heterocycles. The zero-order chi connectivity index (χ0) is 18.4. The monoisotopic (exact) mass is 484 g/mol. The van der Waals surface area contributed by atoms with Crippen molar-refractivity contribution >= 4 is 35.8 Å². The average Bonchev–Trinajstić information content (AvgIpc) is 3.34. The largest absolute Gasteiger partial charge is 0.359 e. The molecule has 0 saturated carbocycles. The maximum Gasteiger partial charge on any atom is 0.191 e. The fourth-order valence-corrected chi connectivity index (χ4v) is 2.92. The fourth-order valence-electron chi connectivity index (χ4n) is 2.92. The second kappa shape index (κ2) is 10.5. The molecule has 8 heteroatoms. The standard InChI is InChI=1S/C19H28N6O.HI/c1-14(2)17-10-16(26-24-17)13-23-19(20-3)22-12-15-6-7-18(21-11-15)25-8-4-5-9-25;/h6-7,10-11,14H,4-5,8-9,12-13H2,1-3H3,(H2,20,22,23);1H. The lowest BCUT2D eigenvalue weighted by molar-refractivity contribution is 0.372. The van der Waals surface area contributed by atoms with Crippen molar-refractivity contribution in [1.82, 2.24) is 20.8 Å². The van der Waals surface area contributed by atoms with Gasteiger partial charge in [0.05, 0.1) is 12.2 Å². The van der Waals surface area contributed by atoms with E-state index in [1.807, 2.05) is 12.3 Å². The summed E-state index contributed by atoms with van der Waals surface area (Å²) in [5.74, 6) is 2.95. The van der Waals surface area contributed by atoms with Crippen LogP contribution in [0.25, 0.3) is 0 Å². The van der Waals surface area contributed by atoms with Gasteiger partial charge in [-0.05, 0) is 30.4 Å². The highest BCUT2D eigenvalue weighted by Crippen LogP contribution is 2.17. The van der Waals surface area contributed by atoms with Gasteiger partial charge in [0.1, 0.15) is 5.82 Å². The van der Waals surface area contributed by atoms with Crippen molar-refractivity contribution in [3.05, 3.63) is 41.4 Å². The molecular formula is C19H29IN6O. The number of aromatic nitrogens is 2. The molecule has 1 saturated heterocycles. The van der Waals surface area contributed by atoms with E-state index in [9.17, 15) is 0 Å². The van der Waals surface area contributed by atoms with Gasteiger partial charge in [0, 0.05) is 38.9 Å². The molecule has 0 bridgehead atoms. The third-order valence-corrected chi connectivity index (χ3v) is 4.52. The Labute approximate surface area is 178 Å². The number of hydrogen-bond donors (Lipinski definition) is 2. The summed E-state index contributed by atoms with van der Waals surface area (Å²) in [7, 11) is 1.75. The third-order valence-electron chi connectivity index (χ3n) is 4.52. The van der Waals surface area contributed by atoms with Crippen LogP contribution in [0.1, 0.15) is 49.6 Å². The molecule has 2 aromatic heterocycles. The second-order valence-electron chi connectivity index (χ2n) is 6.87. The quantitative estimate of drug-likeness (QED) is 0.372. The predicted octanol–water partition coefficient (Wildman–Crippen LogP) is 3.28. The summed E-state index contributed by atoms with van der Waals surface area (Å²) in [5, 5.41) is 10.6. The van der Waals surface area contributed by atoms with Crippen LogP contribution in [0.3, 0.4) is 0 Å². The zero-order valence-corrected chi connectivity index (χ0v) is 18.6. The molecule has 0 unspecified atom stereocenters. The number of halogens is 1. The molecule has 7 nitrogen and oxygen atoms in total. The van der Waals surface area contributed by atoms with E-state index in [1.54, 1.807) is 7.05 Å². The van der Waals surface area contributed by atoms with Gasteiger partial charge in [-0.25, -0.2) is 4.98 Å². The normalized spacial score (nSPS) is 14.4. The molecule has 0 radical (unpaired) electrons. The summed E-state index contributed by atoms with van der Waals surface area (Å²) in [6, 6.07) is 6.19. The summed E-state index contributed by atoms with van der Waals surface area (Å²) in [4.78, 5) is 11.2. The van der Waals surface area contributed by atoms with E-state index in [0.717, 1.165) is 41.9 Å². The minimum absolute atomic E-state index is 0. The zero-order valence-electron chi connectivity index (χ0n) is 16.2. The van der Waals surface area contributed by atoms with Gasteiger partial charge < -0.3 is 20.1 Å². The number of rotatable bonds is 6. The molecule has 0 aromatic carbocycles. The summed E-state index contributed by atoms with van der Waals surface area (Å²) in [5.41, 5.74) is 2.09. The Hall–Kier alpha value is -1.84. The average molecular weight is 484 g/mol. The molecule has 1 fully saturated rings. The van der Waals surface area contributed by atoms with E-state index in [2.05, 4.69) is 56.6 Å². The first-order valence-electron chi connectivity index (χ1n) is 9.25. The van der Waals surface area contributed by atoms with Gasteiger partial charge in [0.15, 0.2) is 11.7 Å². The molecule has 0 aliphatic carbocycles. The van der Waals surface area contributed by atoms with Crippen molar-refractivity contribution in [2.24, 2.45) is 4.99 Å². The van der Waals surface area contributed by atoms with Crippen LogP contribution in [0, 0.1) is 0 Å². The first-order chi connectivity index (χ1) is 12.7. The van der Waals surface area contributed by atoms with Crippen molar-refractivity contribution < 1.29 is 4.52 Å². The highest BCUT2D eigenvalue weighted by atomic mass is 127. The van der Waals surface area contributed by atoms with Crippen LogP contribution >= 0.6 is 24.0 Å². The van der Waals surface area contributed by atoms with Crippen molar-refractivity contribution in [2.75, 3.05) is 25.0 Å². The van der Waals surface area contributed by atoms with Crippen molar-refractivity contribution in [2.45, 2.75) is 45.7 Å². The van der Waals surface area contributed by atoms with Crippen LogP contribution in [0.4, 0.5) is 5.82 Å². The van der Waals surface area contributed by atoms with Gasteiger partial charge in [-0.15, -0.1) is 24.0 Å². The van der Waals surface area contributed by atoms with Crippen LogP contribution < -0.4 is 15.5 Å². The lowest BCUT2D eigenvalue weighted by Gasteiger charge is -2.16. The molecule has 0 atom stereocenters. The lowest BCUT2D eigenvalue weighted by atomic mass is 10.1. The number of guanidine groups is 1. The summed E-state index contributed by atoms with van der Waals surface area (Å²) in [6.45, 7) is 7.63. The first kappa shape index (κ1) is 21.5. The molecule has 148 valence electrons. The fraction of sp³-hybridized carbons (Fsp3) is 0.526. The molecule has 2 N–H and O–H groups in total. The van der Waals surface area contributed by atoms with Crippen molar-refractivity contribution in [3.8, 4) is 0 Å². The van der Waals surface area contributed by atoms with E-state index in [-0.39, 0.29) is 24.0 Å². The molecule has 3 heterocycles. The molecule has 0 spiro atoms. The Morgan fingerprint density at radius 2 is 1.96 bits per heavy atom. The van der Waals surface area contributed by atoms with E-state index >= 15 is 0 Å². The SMILES string of the molecule is CN=C(NCc1ccc(N2CCCC2)nc1)NCc1cc(C(C)C)no1.I. The molecule has 3 rings (SSSR count). The van der Waals surface area contributed by atoms with Crippen LogP contribution in [0.2, 0.25) is 0 Å². The Morgan fingerprint density at radius 1 is 1.22 bits per heavy atom. The predicted molar refractivity (Wildman–Crippen MR) is 119 cm³/mol. The van der Waals surface area contributed by atoms with Gasteiger partial charge in [-0.3, -0.25) is 4.99 Å². The van der Waals surface area contributed by atoms with Crippen LogP contribution in [-0.4, -0.2) is 36.2 Å². The number of nitrogens with zero attached hydrogens (tertiary/aromatic N) is 4.